The first-order valence-corrected chi connectivity index (χ1v) is 4.58. The Bertz CT molecular complexity index is 298. The third-order valence-electron chi connectivity index (χ3n) is 2.05. The predicted octanol–water partition coefficient (Wildman–Crippen LogP) is 2.24. The Morgan fingerprint density at radius 1 is 1.21 bits per heavy atom. The van der Waals surface area contributed by atoms with Crippen LogP contribution >= 0.6 is 11.6 Å². The summed E-state index contributed by atoms with van der Waals surface area (Å²) >= 11 is 5.56. The molecule has 0 radical (unpaired) electrons. The van der Waals surface area contributed by atoms with Gasteiger partial charge >= 0.3 is 0 Å². The quantitative estimate of drug-likeness (QED) is 0.788. The molecule has 1 atom stereocenters. The minimum atomic E-state index is -1.04. The van der Waals surface area contributed by atoms with E-state index in [1.54, 1.807) is 26.4 Å². The third kappa shape index (κ3) is 2.11. The molecule has 0 aliphatic rings. The van der Waals surface area contributed by atoms with Crippen molar-refractivity contribution in [2.24, 2.45) is 0 Å². The molecular formula is C10H13ClO3. The molecule has 0 aromatic heterocycles. The van der Waals surface area contributed by atoms with E-state index in [1.165, 1.54) is 0 Å². The lowest BCUT2D eigenvalue weighted by atomic mass is 10.1. The number of aliphatic hydroxyl groups is 1. The van der Waals surface area contributed by atoms with Crippen molar-refractivity contribution >= 4 is 11.6 Å². The van der Waals surface area contributed by atoms with Gasteiger partial charge in [-0.3, -0.25) is 0 Å². The van der Waals surface area contributed by atoms with Crippen molar-refractivity contribution in [3.05, 3.63) is 23.3 Å². The van der Waals surface area contributed by atoms with E-state index in [9.17, 15) is 5.11 Å². The molecule has 1 N–H and O–H groups in total. The second-order valence-electron chi connectivity index (χ2n) is 2.89. The lowest BCUT2D eigenvalue weighted by Gasteiger charge is -2.13. The summed E-state index contributed by atoms with van der Waals surface area (Å²) in [7, 11) is 3.12. The summed E-state index contributed by atoms with van der Waals surface area (Å²) in [6.45, 7) is 1.88. The standard InChI is InChI=1S/C10H13ClO3/c1-6-8(13-2)4-7(10(11)12)5-9(6)14-3/h4-5,10,12H,1-3H3. The van der Waals surface area contributed by atoms with E-state index in [4.69, 9.17) is 21.1 Å². The number of ether oxygens (including phenoxy) is 2. The van der Waals surface area contributed by atoms with Crippen LogP contribution in [0.4, 0.5) is 0 Å². The molecule has 0 bridgehead atoms. The normalized spacial score (nSPS) is 12.4. The van der Waals surface area contributed by atoms with Crippen molar-refractivity contribution in [2.45, 2.75) is 12.5 Å². The highest BCUT2D eigenvalue weighted by Gasteiger charge is 2.11. The van der Waals surface area contributed by atoms with Crippen LogP contribution in [0, 0.1) is 6.92 Å². The smallest absolute Gasteiger partial charge is 0.153 e. The fourth-order valence-corrected chi connectivity index (χ4v) is 1.37. The number of benzene rings is 1. The minimum absolute atomic E-state index is 0.561. The Labute approximate surface area is 88.2 Å². The molecule has 0 heterocycles. The zero-order valence-corrected chi connectivity index (χ0v) is 9.13. The van der Waals surface area contributed by atoms with Crippen molar-refractivity contribution < 1.29 is 14.6 Å². The summed E-state index contributed by atoms with van der Waals surface area (Å²) in [6, 6.07) is 3.38. The average Bonchev–Trinajstić information content (AvgIpc) is 2.17. The molecule has 0 saturated heterocycles. The van der Waals surface area contributed by atoms with Crippen LogP contribution in [0.15, 0.2) is 12.1 Å². The van der Waals surface area contributed by atoms with Crippen LogP contribution in [-0.4, -0.2) is 19.3 Å². The number of rotatable bonds is 3. The summed E-state index contributed by atoms with van der Waals surface area (Å²) < 4.78 is 10.3. The monoisotopic (exact) mass is 216 g/mol. The molecule has 0 fully saturated rings. The molecule has 1 unspecified atom stereocenters. The van der Waals surface area contributed by atoms with Crippen molar-refractivity contribution in [1.82, 2.24) is 0 Å². The molecule has 0 aliphatic carbocycles. The summed E-state index contributed by atoms with van der Waals surface area (Å²) in [4.78, 5) is 0. The SMILES string of the molecule is COc1cc(C(O)Cl)cc(OC)c1C. The Morgan fingerprint density at radius 2 is 1.64 bits per heavy atom. The second-order valence-corrected chi connectivity index (χ2v) is 3.30. The third-order valence-corrected chi connectivity index (χ3v) is 2.30. The van der Waals surface area contributed by atoms with E-state index in [-0.39, 0.29) is 0 Å². The molecule has 0 spiro atoms. The van der Waals surface area contributed by atoms with Crippen LogP contribution < -0.4 is 9.47 Å². The molecule has 14 heavy (non-hydrogen) atoms. The van der Waals surface area contributed by atoms with Gasteiger partial charge in [0.2, 0.25) is 0 Å². The summed E-state index contributed by atoms with van der Waals surface area (Å²) in [6.07, 6.45) is 0. The lowest BCUT2D eigenvalue weighted by Crippen LogP contribution is -1.96. The number of aliphatic hydroxyl groups excluding tert-OH is 1. The van der Waals surface area contributed by atoms with Crippen molar-refractivity contribution in [1.29, 1.82) is 0 Å². The molecule has 3 nitrogen and oxygen atoms in total. The van der Waals surface area contributed by atoms with Crippen molar-refractivity contribution in [3.63, 3.8) is 0 Å². The second kappa shape index (κ2) is 4.53. The molecular weight excluding hydrogens is 204 g/mol. The maximum absolute atomic E-state index is 9.21. The van der Waals surface area contributed by atoms with Crippen LogP contribution in [0.5, 0.6) is 11.5 Å². The van der Waals surface area contributed by atoms with Gasteiger partial charge in [-0.25, -0.2) is 0 Å². The van der Waals surface area contributed by atoms with E-state index >= 15 is 0 Å². The highest BCUT2D eigenvalue weighted by atomic mass is 35.5. The van der Waals surface area contributed by atoms with E-state index in [0.717, 1.165) is 5.56 Å². The largest absolute Gasteiger partial charge is 0.496 e. The van der Waals surface area contributed by atoms with Gasteiger partial charge in [-0.1, -0.05) is 11.6 Å². The fraction of sp³-hybridized carbons (Fsp3) is 0.400. The van der Waals surface area contributed by atoms with Gasteiger partial charge in [-0.05, 0) is 19.1 Å². The number of halogens is 1. The first-order chi connectivity index (χ1) is 6.60. The van der Waals surface area contributed by atoms with Gasteiger partial charge in [0, 0.05) is 11.1 Å². The topological polar surface area (TPSA) is 38.7 Å². The Morgan fingerprint density at radius 3 is 1.93 bits per heavy atom. The average molecular weight is 217 g/mol. The summed E-state index contributed by atoms with van der Waals surface area (Å²) in [5.41, 5.74) is 0.403. The fourth-order valence-electron chi connectivity index (χ4n) is 1.24. The molecule has 78 valence electrons. The van der Waals surface area contributed by atoms with E-state index < -0.39 is 5.56 Å². The Balaban J connectivity index is 3.25. The number of hydrogen-bond acceptors (Lipinski definition) is 3. The molecule has 1 aromatic rings. The van der Waals surface area contributed by atoms with Crippen molar-refractivity contribution in [2.75, 3.05) is 14.2 Å². The van der Waals surface area contributed by atoms with Gasteiger partial charge in [-0.2, -0.15) is 0 Å². The lowest BCUT2D eigenvalue weighted by molar-refractivity contribution is 0.261. The van der Waals surface area contributed by atoms with Gasteiger partial charge < -0.3 is 14.6 Å². The number of alkyl halides is 1. The highest BCUT2D eigenvalue weighted by Crippen LogP contribution is 2.32. The van der Waals surface area contributed by atoms with Gasteiger partial charge in [-0.15, -0.1) is 0 Å². The van der Waals surface area contributed by atoms with Gasteiger partial charge in [0.05, 0.1) is 14.2 Å². The molecule has 1 rings (SSSR count). The van der Waals surface area contributed by atoms with E-state index in [0.29, 0.717) is 17.1 Å². The molecule has 4 heteroatoms. The first-order valence-electron chi connectivity index (χ1n) is 4.14. The Kier molecular flexibility index (Phi) is 3.61. The highest BCUT2D eigenvalue weighted by molar-refractivity contribution is 6.19. The van der Waals surface area contributed by atoms with Crippen LogP contribution in [-0.2, 0) is 0 Å². The van der Waals surface area contributed by atoms with Crippen molar-refractivity contribution in [3.8, 4) is 11.5 Å². The molecule has 0 amide bonds. The molecule has 0 saturated carbocycles. The van der Waals surface area contributed by atoms with Crippen LogP contribution in [0.25, 0.3) is 0 Å². The predicted molar refractivity (Wildman–Crippen MR) is 55.1 cm³/mol. The summed E-state index contributed by atoms with van der Waals surface area (Å²) in [5.74, 6) is 1.30. The summed E-state index contributed by atoms with van der Waals surface area (Å²) in [5, 5.41) is 9.21. The maximum atomic E-state index is 9.21. The van der Waals surface area contributed by atoms with Crippen LogP contribution in [0.3, 0.4) is 0 Å². The van der Waals surface area contributed by atoms with Crippen LogP contribution in [0.2, 0.25) is 0 Å². The van der Waals surface area contributed by atoms with Crippen LogP contribution in [0.1, 0.15) is 16.7 Å². The Hall–Kier alpha value is -0.930. The molecule has 1 aromatic carbocycles. The van der Waals surface area contributed by atoms with E-state index in [2.05, 4.69) is 0 Å². The number of methoxy groups -OCH3 is 2. The zero-order chi connectivity index (χ0) is 10.7. The minimum Gasteiger partial charge on any atom is -0.496 e. The van der Waals surface area contributed by atoms with Gasteiger partial charge in [0.1, 0.15) is 11.5 Å². The maximum Gasteiger partial charge on any atom is 0.153 e. The zero-order valence-electron chi connectivity index (χ0n) is 8.37. The van der Waals surface area contributed by atoms with Gasteiger partial charge in [0.25, 0.3) is 0 Å². The molecule has 0 aliphatic heterocycles. The number of hydrogen-bond donors (Lipinski definition) is 1. The first kappa shape index (κ1) is 11.1. The van der Waals surface area contributed by atoms with Gasteiger partial charge in [0.15, 0.2) is 5.56 Å². The van der Waals surface area contributed by atoms with E-state index in [1.807, 2.05) is 6.92 Å².